The summed E-state index contributed by atoms with van der Waals surface area (Å²) in [5, 5.41) is 8.74. The summed E-state index contributed by atoms with van der Waals surface area (Å²) in [6, 6.07) is 3.84. The summed E-state index contributed by atoms with van der Waals surface area (Å²) in [5.41, 5.74) is 7.48. The number of aliphatic hydroxyl groups excluding tert-OH is 1. The van der Waals surface area contributed by atoms with Crippen molar-refractivity contribution in [1.29, 1.82) is 0 Å². The van der Waals surface area contributed by atoms with Crippen molar-refractivity contribution in [2.24, 2.45) is 5.73 Å². The highest BCUT2D eigenvalue weighted by Gasteiger charge is 2.11. The van der Waals surface area contributed by atoms with Gasteiger partial charge in [0.1, 0.15) is 10.8 Å². The third kappa shape index (κ3) is 4.23. The fraction of sp³-hybridized carbons (Fsp3) is 0.538. The molecule has 0 bridgehead atoms. The number of aryl methyl sites for hydroxylation is 1. The molecule has 5 heteroatoms. The van der Waals surface area contributed by atoms with E-state index in [4.69, 9.17) is 23.1 Å². The van der Waals surface area contributed by atoms with Crippen LogP contribution < -0.4 is 10.6 Å². The first kappa shape index (κ1) is 14.9. The zero-order valence-electron chi connectivity index (χ0n) is 11.0. The van der Waals surface area contributed by atoms with Crippen molar-refractivity contribution in [3.8, 4) is 0 Å². The molecule has 100 valence electrons. The number of hydrogen-bond donors (Lipinski definition) is 2. The topological polar surface area (TPSA) is 62.4 Å². The molecule has 0 atom stereocenters. The van der Waals surface area contributed by atoms with Gasteiger partial charge in [-0.15, -0.1) is 0 Å². The van der Waals surface area contributed by atoms with Crippen molar-refractivity contribution in [1.82, 2.24) is 4.98 Å². The van der Waals surface area contributed by atoms with Crippen LogP contribution in [0.4, 0.5) is 5.82 Å². The number of nitrogens with two attached hydrogens (primary N) is 1. The Morgan fingerprint density at radius 2 is 2.11 bits per heavy atom. The molecular weight excluding hydrogens is 246 g/mol. The Labute approximate surface area is 114 Å². The van der Waals surface area contributed by atoms with Crippen molar-refractivity contribution < 1.29 is 5.11 Å². The van der Waals surface area contributed by atoms with E-state index in [0.717, 1.165) is 42.9 Å². The number of anilines is 1. The van der Waals surface area contributed by atoms with Crippen LogP contribution in [-0.4, -0.2) is 35.3 Å². The van der Waals surface area contributed by atoms with E-state index >= 15 is 0 Å². The highest BCUT2D eigenvalue weighted by atomic mass is 32.1. The Balaban J connectivity index is 2.74. The fourth-order valence-corrected chi connectivity index (χ4v) is 1.93. The van der Waals surface area contributed by atoms with E-state index in [1.165, 1.54) is 0 Å². The summed E-state index contributed by atoms with van der Waals surface area (Å²) >= 11 is 5.04. The molecule has 0 unspecified atom stereocenters. The highest BCUT2D eigenvalue weighted by Crippen LogP contribution is 2.18. The van der Waals surface area contributed by atoms with Crippen LogP contribution in [0, 0.1) is 6.92 Å². The van der Waals surface area contributed by atoms with Crippen molar-refractivity contribution in [3.05, 3.63) is 23.4 Å². The Kier molecular flexibility index (Phi) is 6.01. The number of aliphatic hydroxyl groups is 1. The van der Waals surface area contributed by atoms with Gasteiger partial charge in [-0.05, 0) is 38.3 Å². The lowest BCUT2D eigenvalue weighted by molar-refractivity contribution is 0.283. The maximum Gasteiger partial charge on any atom is 0.138 e. The molecule has 0 saturated carbocycles. The number of thiocarbonyl (C=S) groups is 1. The summed E-state index contributed by atoms with van der Waals surface area (Å²) < 4.78 is 0. The summed E-state index contributed by atoms with van der Waals surface area (Å²) in [5.74, 6) is 0.839. The molecule has 0 radical (unpaired) electrons. The van der Waals surface area contributed by atoms with E-state index in [1.54, 1.807) is 0 Å². The second kappa shape index (κ2) is 7.28. The van der Waals surface area contributed by atoms with Gasteiger partial charge in [-0.1, -0.05) is 12.2 Å². The van der Waals surface area contributed by atoms with E-state index in [0.29, 0.717) is 4.99 Å². The summed E-state index contributed by atoms with van der Waals surface area (Å²) in [6.07, 6.45) is 2.87. The largest absolute Gasteiger partial charge is 0.396 e. The average molecular weight is 267 g/mol. The van der Waals surface area contributed by atoms with E-state index in [9.17, 15) is 0 Å². The Bertz CT molecular complexity index is 409. The lowest BCUT2D eigenvalue weighted by Gasteiger charge is -2.21. The molecule has 1 aromatic heterocycles. The lowest BCUT2D eigenvalue weighted by atomic mass is 10.2. The molecule has 0 fully saturated rings. The van der Waals surface area contributed by atoms with Crippen LogP contribution in [0.2, 0.25) is 0 Å². The van der Waals surface area contributed by atoms with Gasteiger partial charge in [0.2, 0.25) is 0 Å². The van der Waals surface area contributed by atoms with Crippen molar-refractivity contribution >= 4 is 23.0 Å². The number of pyridine rings is 1. The Morgan fingerprint density at radius 1 is 1.39 bits per heavy atom. The second-order valence-electron chi connectivity index (χ2n) is 4.39. The predicted molar refractivity (Wildman–Crippen MR) is 79.1 cm³/mol. The molecule has 0 amide bonds. The van der Waals surface area contributed by atoms with Crippen molar-refractivity contribution in [2.75, 3.05) is 25.1 Å². The van der Waals surface area contributed by atoms with E-state index in [-0.39, 0.29) is 6.61 Å². The van der Waals surface area contributed by atoms with Crippen LogP contribution in [0.15, 0.2) is 12.1 Å². The fourth-order valence-electron chi connectivity index (χ4n) is 1.77. The zero-order chi connectivity index (χ0) is 13.5. The zero-order valence-corrected chi connectivity index (χ0v) is 11.8. The van der Waals surface area contributed by atoms with Gasteiger partial charge in [0.25, 0.3) is 0 Å². The highest BCUT2D eigenvalue weighted by molar-refractivity contribution is 7.80. The third-order valence-corrected chi connectivity index (χ3v) is 3.01. The lowest BCUT2D eigenvalue weighted by Crippen LogP contribution is -2.24. The Morgan fingerprint density at radius 3 is 2.72 bits per heavy atom. The molecule has 1 heterocycles. The number of hydrogen-bond acceptors (Lipinski definition) is 4. The number of aromatic nitrogens is 1. The minimum atomic E-state index is 0.255. The van der Waals surface area contributed by atoms with Crippen molar-refractivity contribution in [2.45, 2.75) is 26.2 Å². The molecule has 0 aliphatic heterocycles. The van der Waals surface area contributed by atoms with E-state index < -0.39 is 0 Å². The summed E-state index contributed by atoms with van der Waals surface area (Å²) in [4.78, 5) is 6.95. The molecule has 4 nitrogen and oxygen atoms in total. The molecule has 1 rings (SSSR count). The molecular formula is C13H21N3OS. The maximum atomic E-state index is 8.74. The summed E-state index contributed by atoms with van der Waals surface area (Å²) in [7, 11) is 1.99. The Hall–Kier alpha value is -1.20. The minimum absolute atomic E-state index is 0.255. The first-order valence-electron chi connectivity index (χ1n) is 6.15. The first-order chi connectivity index (χ1) is 8.56. The monoisotopic (exact) mass is 267 g/mol. The van der Waals surface area contributed by atoms with Gasteiger partial charge in [-0.2, -0.15) is 0 Å². The molecule has 0 spiro atoms. The van der Waals surface area contributed by atoms with Crippen LogP contribution in [0.3, 0.4) is 0 Å². The van der Waals surface area contributed by atoms with Gasteiger partial charge in [0.15, 0.2) is 0 Å². The van der Waals surface area contributed by atoms with Gasteiger partial charge < -0.3 is 15.7 Å². The number of rotatable bonds is 7. The van der Waals surface area contributed by atoms with Crippen molar-refractivity contribution in [3.63, 3.8) is 0 Å². The molecule has 3 N–H and O–H groups in total. The molecule has 0 aliphatic carbocycles. The molecule has 0 aromatic carbocycles. The van der Waals surface area contributed by atoms with Gasteiger partial charge in [-0.25, -0.2) is 4.98 Å². The first-order valence-corrected chi connectivity index (χ1v) is 6.56. The van der Waals surface area contributed by atoms with Gasteiger partial charge in [0, 0.05) is 25.9 Å². The third-order valence-electron chi connectivity index (χ3n) is 2.79. The molecule has 18 heavy (non-hydrogen) atoms. The van der Waals surface area contributed by atoms with Crippen LogP contribution >= 0.6 is 12.2 Å². The molecule has 0 aliphatic rings. The predicted octanol–water partition coefficient (Wildman–Crippen LogP) is 1.62. The van der Waals surface area contributed by atoms with Crippen LogP contribution in [0.1, 0.15) is 30.5 Å². The summed E-state index contributed by atoms with van der Waals surface area (Å²) in [6.45, 7) is 3.09. The normalized spacial score (nSPS) is 10.4. The number of nitrogens with zero attached hydrogens (tertiary/aromatic N) is 2. The SMILES string of the molecule is Cc1ccc(C(N)=S)c(N(C)CCCCCO)n1. The van der Waals surface area contributed by atoms with Crippen LogP contribution in [0.5, 0.6) is 0 Å². The van der Waals surface area contributed by atoms with Gasteiger partial charge in [0.05, 0.1) is 5.56 Å². The van der Waals surface area contributed by atoms with Crippen LogP contribution in [0.25, 0.3) is 0 Å². The number of unbranched alkanes of at least 4 members (excludes halogenated alkanes) is 2. The van der Waals surface area contributed by atoms with Gasteiger partial charge >= 0.3 is 0 Å². The second-order valence-corrected chi connectivity index (χ2v) is 4.83. The standard InChI is InChI=1S/C13H21N3OS/c1-10-6-7-11(12(14)18)13(15-10)16(2)8-4-3-5-9-17/h6-7,17H,3-5,8-9H2,1-2H3,(H2,14,18). The van der Waals surface area contributed by atoms with Crippen LogP contribution in [-0.2, 0) is 0 Å². The smallest absolute Gasteiger partial charge is 0.138 e. The quantitative estimate of drug-likeness (QED) is 0.581. The van der Waals surface area contributed by atoms with Gasteiger partial charge in [-0.3, -0.25) is 0 Å². The van der Waals surface area contributed by atoms with E-state index in [1.807, 2.05) is 26.1 Å². The average Bonchev–Trinajstić information content (AvgIpc) is 2.34. The maximum absolute atomic E-state index is 8.74. The molecule has 1 aromatic rings. The van der Waals surface area contributed by atoms with E-state index in [2.05, 4.69) is 9.88 Å². The molecule has 0 saturated heterocycles. The minimum Gasteiger partial charge on any atom is -0.396 e.